The van der Waals surface area contributed by atoms with Crippen LogP contribution in [-0.2, 0) is 19.2 Å². The second-order valence-corrected chi connectivity index (χ2v) is 12.6. The Hall–Kier alpha value is -3.32. The van der Waals surface area contributed by atoms with Crippen LogP contribution >= 0.6 is 11.6 Å². The highest BCUT2D eigenvalue weighted by Gasteiger charge is 2.52. The first kappa shape index (κ1) is 28.7. The van der Waals surface area contributed by atoms with Gasteiger partial charge in [-0.05, 0) is 40.7 Å². The molecule has 39 heavy (non-hydrogen) atoms. The van der Waals surface area contributed by atoms with Gasteiger partial charge in [0.05, 0.1) is 29.5 Å². The van der Waals surface area contributed by atoms with Crippen LogP contribution in [0.3, 0.4) is 0 Å². The number of methoxy groups -OCH3 is 1. The highest BCUT2D eigenvalue weighted by atomic mass is 35.5. The van der Waals surface area contributed by atoms with Crippen LogP contribution in [0.4, 0.5) is 0 Å². The van der Waals surface area contributed by atoms with Crippen molar-refractivity contribution in [2.75, 3.05) is 7.11 Å². The van der Waals surface area contributed by atoms with Crippen LogP contribution in [-0.4, -0.2) is 36.2 Å². The van der Waals surface area contributed by atoms with E-state index >= 15 is 0 Å². The van der Waals surface area contributed by atoms with Crippen molar-refractivity contribution in [2.45, 2.75) is 59.3 Å². The third kappa shape index (κ3) is 5.98. The van der Waals surface area contributed by atoms with Crippen molar-refractivity contribution in [1.29, 1.82) is 0 Å². The first-order valence-electron chi connectivity index (χ1n) is 13.0. The number of ether oxygens (including phenoxy) is 2. The molecule has 2 aliphatic carbocycles. The van der Waals surface area contributed by atoms with Crippen molar-refractivity contribution in [3.8, 4) is 11.5 Å². The molecule has 2 aromatic rings. The smallest absolute Gasteiger partial charge is 0.345 e. The lowest BCUT2D eigenvalue weighted by atomic mass is 9.59. The molecule has 8 heteroatoms. The van der Waals surface area contributed by atoms with Gasteiger partial charge in [0.2, 0.25) is 0 Å². The van der Waals surface area contributed by atoms with E-state index in [1.165, 1.54) is 19.2 Å². The molecule has 0 saturated heterocycles. The number of hydrogen-bond donors (Lipinski definition) is 0. The van der Waals surface area contributed by atoms with Crippen molar-refractivity contribution >= 4 is 40.7 Å². The Kier molecular flexibility index (Phi) is 7.86. The molecule has 2 saturated carbocycles. The molecule has 0 bridgehead atoms. The Morgan fingerprint density at radius 3 is 1.74 bits per heavy atom. The zero-order chi connectivity index (χ0) is 28.7. The molecule has 0 N–H and O–H groups in total. The summed E-state index contributed by atoms with van der Waals surface area (Å²) in [6.07, 6.45) is 0.687. The van der Waals surface area contributed by atoms with Crippen LogP contribution in [0.25, 0.3) is 0 Å². The molecule has 0 aliphatic heterocycles. The first-order chi connectivity index (χ1) is 18.2. The fourth-order valence-electron chi connectivity index (χ4n) is 5.95. The molecule has 206 valence electrons. The Morgan fingerprint density at radius 1 is 0.795 bits per heavy atom. The molecule has 4 rings (SSSR count). The topological polar surface area (TPSA) is 104 Å². The maximum Gasteiger partial charge on any atom is 0.345 e. The lowest BCUT2D eigenvalue weighted by Crippen LogP contribution is -2.48. The fraction of sp³-hybridized carbons (Fsp3) is 0.452. The lowest BCUT2D eigenvalue weighted by Gasteiger charge is -2.41. The summed E-state index contributed by atoms with van der Waals surface area (Å²) in [5, 5.41) is 0.229. The van der Waals surface area contributed by atoms with Crippen molar-refractivity contribution in [1.82, 2.24) is 0 Å². The molecule has 0 spiro atoms. The minimum atomic E-state index is -1.13. The predicted octanol–water partition coefficient (Wildman–Crippen LogP) is 5.80. The van der Waals surface area contributed by atoms with E-state index in [0.29, 0.717) is 5.56 Å². The molecule has 2 aromatic carbocycles. The van der Waals surface area contributed by atoms with Gasteiger partial charge in [0.1, 0.15) is 23.1 Å². The van der Waals surface area contributed by atoms with E-state index in [1.807, 2.05) is 27.7 Å². The summed E-state index contributed by atoms with van der Waals surface area (Å²) in [5.74, 6) is -4.78. The number of esters is 1. The molecule has 0 amide bonds. The number of benzene rings is 2. The number of Topliss-reactive ketones (excluding diaryl/α,β-unsaturated/α-hetero) is 4. The fourth-order valence-corrected chi connectivity index (χ4v) is 6.16. The maximum atomic E-state index is 13.4. The molecule has 0 unspecified atom stereocenters. The number of hydrogen-bond acceptors (Lipinski definition) is 7. The second kappa shape index (κ2) is 10.7. The zero-order valence-electron chi connectivity index (χ0n) is 22.8. The van der Waals surface area contributed by atoms with Crippen LogP contribution in [0.1, 0.15) is 75.2 Å². The average Bonchev–Trinajstić information content (AvgIpc) is 2.81. The Balaban J connectivity index is 1.76. The number of carbonyl (C=O) groups is 5. The summed E-state index contributed by atoms with van der Waals surface area (Å²) in [5.41, 5.74) is -0.384. The Bertz CT molecular complexity index is 1270. The van der Waals surface area contributed by atoms with Crippen LogP contribution < -0.4 is 9.47 Å². The van der Waals surface area contributed by atoms with Gasteiger partial charge in [0.15, 0.2) is 11.5 Å². The summed E-state index contributed by atoms with van der Waals surface area (Å²) in [4.78, 5) is 66.4. The zero-order valence-corrected chi connectivity index (χ0v) is 23.6. The molecule has 7 nitrogen and oxygen atoms in total. The predicted molar refractivity (Wildman–Crippen MR) is 145 cm³/mol. The molecular weight excluding hydrogens is 520 g/mol. The molecule has 0 atom stereocenters. The second-order valence-electron chi connectivity index (χ2n) is 12.2. The summed E-state index contributed by atoms with van der Waals surface area (Å²) in [6, 6.07) is 11.1. The van der Waals surface area contributed by atoms with E-state index in [-0.39, 0.29) is 70.9 Å². The van der Waals surface area contributed by atoms with E-state index in [0.717, 1.165) is 0 Å². The van der Waals surface area contributed by atoms with E-state index in [1.54, 1.807) is 30.3 Å². The highest BCUT2D eigenvalue weighted by molar-refractivity contribution is 6.33. The van der Waals surface area contributed by atoms with Gasteiger partial charge in [-0.25, -0.2) is 4.79 Å². The van der Waals surface area contributed by atoms with Gasteiger partial charge in [-0.2, -0.15) is 0 Å². The van der Waals surface area contributed by atoms with Gasteiger partial charge >= 0.3 is 5.97 Å². The van der Waals surface area contributed by atoms with Crippen LogP contribution in [0.5, 0.6) is 11.5 Å². The average molecular weight is 553 g/mol. The lowest BCUT2D eigenvalue weighted by molar-refractivity contribution is -0.145. The van der Waals surface area contributed by atoms with Crippen molar-refractivity contribution in [2.24, 2.45) is 22.7 Å². The van der Waals surface area contributed by atoms with Gasteiger partial charge in [-0.15, -0.1) is 0 Å². The minimum absolute atomic E-state index is 0.0924. The standard InChI is InChI=1S/C31H33ClO7/c1-30(2)13-20(33)27(21(34)14-30)26(28-22(35)15-31(3,4)16-23(28)36)17-10-11-24(25(12-17)38-5)39-29(37)18-8-6-7-9-19(18)32/h6-12,26-28H,13-16H2,1-5H3. The van der Waals surface area contributed by atoms with E-state index in [9.17, 15) is 24.0 Å². The number of halogens is 1. The summed E-state index contributed by atoms with van der Waals surface area (Å²) in [6.45, 7) is 7.44. The molecule has 2 aliphatic rings. The first-order valence-corrected chi connectivity index (χ1v) is 13.4. The van der Waals surface area contributed by atoms with Crippen LogP contribution in [0, 0.1) is 22.7 Å². The van der Waals surface area contributed by atoms with Gasteiger partial charge in [-0.1, -0.05) is 57.5 Å². The molecular formula is C31H33ClO7. The number of carbonyl (C=O) groups excluding carboxylic acids is 5. The van der Waals surface area contributed by atoms with E-state index in [4.69, 9.17) is 21.1 Å². The van der Waals surface area contributed by atoms with E-state index in [2.05, 4.69) is 0 Å². The number of rotatable bonds is 6. The van der Waals surface area contributed by atoms with E-state index < -0.39 is 34.6 Å². The summed E-state index contributed by atoms with van der Waals surface area (Å²) < 4.78 is 11.1. The summed E-state index contributed by atoms with van der Waals surface area (Å²) >= 11 is 6.13. The highest BCUT2D eigenvalue weighted by Crippen LogP contribution is 2.48. The molecule has 0 radical (unpaired) electrons. The monoisotopic (exact) mass is 552 g/mol. The van der Waals surface area contributed by atoms with Gasteiger partial charge < -0.3 is 9.47 Å². The quantitative estimate of drug-likeness (QED) is 0.253. The summed E-state index contributed by atoms with van der Waals surface area (Å²) in [7, 11) is 1.39. The number of ketones is 4. The van der Waals surface area contributed by atoms with Crippen molar-refractivity contribution in [3.63, 3.8) is 0 Å². The Labute approximate surface area is 233 Å². The third-order valence-corrected chi connectivity index (χ3v) is 7.92. The van der Waals surface area contributed by atoms with Gasteiger partial charge in [0.25, 0.3) is 0 Å². The van der Waals surface area contributed by atoms with Crippen molar-refractivity contribution in [3.05, 3.63) is 58.6 Å². The molecule has 0 heterocycles. The van der Waals surface area contributed by atoms with Crippen LogP contribution in [0.15, 0.2) is 42.5 Å². The normalized spacial score (nSPS) is 19.9. The maximum absolute atomic E-state index is 13.4. The Morgan fingerprint density at radius 2 is 1.28 bits per heavy atom. The van der Waals surface area contributed by atoms with Crippen molar-refractivity contribution < 1.29 is 33.4 Å². The van der Waals surface area contributed by atoms with Gasteiger partial charge in [0, 0.05) is 31.6 Å². The third-order valence-electron chi connectivity index (χ3n) is 7.59. The SMILES string of the molecule is COc1cc(C(C2C(=O)CC(C)(C)CC2=O)C2C(=O)CC(C)(C)CC2=O)ccc1OC(=O)c1ccccc1Cl. The minimum Gasteiger partial charge on any atom is -0.493 e. The molecule has 0 aromatic heterocycles. The largest absolute Gasteiger partial charge is 0.493 e. The molecule has 2 fully saturated rings. The van der Waals surface area contributed by atoms with Gasteiger partial charge in [-0.3, -0.25) is 19.2 Å². The van der Waals surface area contributed by atoms with Crippen LogP contribution in [0.2, 0.25) is 5.02 Å².